The molecule has 2 N–H and O–H groups in total. The summed E-state index contributed by atoms with van der Waals surface area (Å²) in [5.74, 6) is -0.620. The fraction of sp³-hybridized carbons (Fsp3) is 0.345. The summed E-state index contributed by atoms with van der Waals surface area (Å²) in [5.41, 5.74) is 2.74. The monoisotopic (exact) mass is 492 g/mol. The molecule has 4 unspecified atom stereocenters. The Morgan fingerprint density at radius 1 is 0.583 bits per heavy atom. The fourth-order valence-electron chi connectivity index (χ4n) is 4.36. The average molecular weight is 493 g/mol. The van der Waals surface area contributed by atoms with Crippen molar-refractivity contribution in [3.05, 3.63) is 108 Å². The molecular weight excluding hydrogens is 460 g/mol. The quantitative estimate of drug-likeness (QED) is 0.419. The molecule has 1 aliphatic carbocycles. The molecule has 0 spiro atoms. The number of esters is 1. The molecule has 7 heteroatoms. The molecule has 0 heterocycles. The molecule has 0 aromatic heterocycles. The Morgan fingerprint density at radius 3 is 1.25 bits per heavy atom. The van der Waals surface area contributed by atoms with Gasteiger partial charge >= 0.3 is 5.97 Å². The van der Waals surface area contributed by atoms with E-state index in [1.807, 2.05) is 91.0 Å². The van der Waals surface area contributed by atoms with Crippen molar-refractivity contribution in [1.82, 2.24) is 0 Å². The van der Waals surface area contributed by atoms with Gasteiger partial charge < -0.3 is 29.2 Å². The van der Waals surface area contributed by atoms with Crippen LogP contribution in [0.25, 0.3) is 0 Å². The van der Waals surface area contributed by atoms with Crippen molar-refractivity contribution in [1.29, 1.82) is 0 Å². The third-order valence-corrected chi connectivity index (χ3v) is 6.15. The molecule has 1 aliphatic rings. The molecule has 190 valence electrons. The van der Waals surface area contributed by atoms with E-state index >= 15 is 0 Å². The summed E-state index contributed by atoms with van der Waals surface area (Å²) in [7, 11) is 0. The third-order valence-electron chi connectivity index (χ3n) is 6.15. The van der Waals surface area contributed by atoms with Gasteiger partial charge in [0.15, 0.2) is 6.10 Å². The number of carbonyl (C=O) groups excluding carboxylic acids is 1. The molecule has 0 radical (unpaired) electrons. The Hall–Kier alpha value is -3.07. The Labute approximate surface area is 211 Å². The topological polar surface area (TPSA) is 94.5 Å². The highest BCUT2D eigenvalue weighted by Gasteiger charge is 2.53. The number of ether oxygens (including phenoxy) is 4. The van der Waals surface area contributed by atoms with Crippen molar-refractivity contribution in [2.45, 2.75) is 63.4 Å². The van der Waals surface area contributed by atoms with Gasteiger partial charge in [-0.1, -0.05) is 91.0 Å². The molecule has 0 bridgehead atoms. The van der Waals surface area contributed by atoms with E-state index in [-0.39, 0.29) is 19.8 Å². The van der Waals surface area contributed by atoms with Gasteiger partial charge in [-0.05, 0) is 16.7 Å². The van der Waals surface area contributed by atoms with E-state index in [1.54, 1.807) is 0 Å². The number of aliphatic hydroxyl groups excluding tert-OH is 2. The Kier molecular flexibility index (Phi) is 9.22. The summed E-state index contributed by atoms with van der Waals surface area (Å²) in [6.07, 6.45) is -6.59. The van der Waals surface area contributed by atoms with Crippen LogP contribution in [0.5, 0.6) is 0 Å². The molecule has 36 heavy (non-hydrogen) atoms. The number of benzene rings is 3. The summed E-state index contributed by atoms with van der Waals surface area (Å²) in [5, 5.41) is 22.4. The number of hydrogen-bond acceptors (Lipinski definition) is 7. The second kappa shape index (κ2) is 12.8. The maximum absolute atomic E-state index is 11.8. The zero-order valence-corrected chi connectivity index (χ0v) is 20.2. The minimum absolute atomic E-state index is 0.196. The van der Waals surface area contributed by atoms with E-state index in [1.165, 1.54) is 6.92 Å². The van der Waals surface area contributed by atoms with E-state index in [2.05, 4.69) is 0 Å². The second-order valence-corrected chi connectivity index (χ2v) is 8.84. The van der Waals surface area contributed by atoms with Crippen LogP contribution in [0.1, 0.15) is 23.6 Å². The van der Waals surface area contributed by atoms with Crippen LogP contribution in [0, 0.1) is 0 Å². The zero-order valence-electron chi connectivity index (χ0n) is 20.2. The van der Waals surface area contributed by atoms with Gasteiger partial charge in [0.1, 0.15) is 30.5 Å². The lowest BCUT2D eigenvalue weighted by molar-refractivity contribution is -0.267. The Balaban J connectivity index is 1.60. The molecule has 0 saturated heterocycles. The average Bonchev–Trinajstić information content (AvgIpc) is 2.90. The molecule has 0 aliphatic heterocycles. The SMILES string of the molecule is CC(=O)OC1C(O)C(OCc2ccccc2)C(OCc2ccccc2)C(OCc2ccccc2)C1O. The minimum atomic E-state index is -1.33. The normalized spacial score (nSPS) is 25.9. The summed E-state index contributed by atoms with van der Waals surface area (Å²) >= 11 is 0. The number of hydrogen-bond donors (Lipinski definition) is 2. The molecule has 7 nitrogen and oxygen atoms in total. The summed E-state index contributed by atoms with van der Waals surface area (Å²) in [4.78, 5) is 11.8. The van der Waals surface area contributed by atoms with Gasteiger partial charge in [0.05, 0.1) is 19.8 Å². The molecule has 1 saturated carbocycles. The predicted molar refractivity (Wildman–Crippen MR) is 133 cm³/mol. The summed E-state index contributed by atoms with van der Waals surface area (Å²) < 4.78 is 23.9. The molecular formula is C29H32O7. The maximum atomic E-state index is 11.8. The fourth-order valence-corrected chi connectivity index (χ4v) is 4.36. The highest BCUT2D eigenvalue weighted by Crippen LogP contribution is 2.32. The first-order valence-corrected chi connectivity index (χ1v) is 12.0. The highest BCUT2D eigenvalue weighted by atomic mass is 16.6. The van der Waals surface area contributed by atoms with E-state index in [0.29, 0.717) is 0 Å². The van der Waals surface area contributed by atoms with Crippen LogP contribution in [-0.4, -0.2) is 52.8 Å². The predicted octanol–water partition coefficient (Wildman–Crippen LogP) is 3.41. The smallest absolute Gasteiger partial charge is 0.303 e. The number of aliphatic hydroxyl groups is 2. The highest BCUT2D eigenvalue weighted by molar-refractivity contribution is 5.66. The van der Waals surface area contributed by atoms with Crippen LogP contribution in [-0.2, 0) is 43.6 Å². The second-order valence-electron chi connectivity index (χ2n) is 8.84. The van der Waals surface area contributed by atoms with Crippen molar-refractivity contribution in [3.63, 3.8) is 0 Å². The number of carbonyl (C=O) groups is 1. The summed E-state index contributed by atoms with van der Waals surface area (Å²) in [6, 6.07) is 28.7. The van der Waals surface area contributed by atoms with Crippen molar-refractivity contribution >= 4 is 5.97 Å². The van der Waals surface area contributed by atoms with Crippen molar-refractivity contribution in [2.24, 2.45) is 0 Å². The first-order chi connectivity index (χ1) is 17.5. The minimum Gasteiger partial charge on any atom is -0.457 e. The van der Waals surface area contributed by atoms with Gasteiger partial charge in [-0.2, -0.15) is 0 Å². The van der Waals surface area contributed by atoms with Crippen LogP contribution in [0.2, 0.25) is 0 Å². The zero-order chi connectivity index (χ0) is 25.3. The van der Waals surface area contributed by atoms with Crippen LogP contribution < -0.4 is 0 Å². The van der Waals surface area contributed by atoms with Crippen molar-refractivity contribution < 1.29 is 34.0 Å². The van der Waals surface area contributed by atoms with Crippen molar-refractivity contribution in [3.8, 4) is 0 Å². The van der Waals surface area contributed by atoms with Crippen molar-refractivity contribution in [2.75, 3.05) is 0 Å². The largest absolute Gasteiger partial charge is 0.457 e. The lowest BCUT2D eigenvalue weighted by atomic mass is 9.84. The third kappa shape index (κ3) is 6.78. The summed E-state index contributed by atoms with van der Waals surface area (Å²) in [6.45, 7) is 1.85. The molecule has 4 atom stereocenters. The molecule has 3 aromatic rings. The molecule has 1 fully saturated rings. The van der Waals surface area contributed by atoms with Crippen LogP contribution in [0.3, 0.4) is 0 Å². The van der Waals surface area contributed by atoms with Gasteiger partial charge in [-0.25, -0.2) is 0 Å². The van der Waals surface area contributed by atoms with Gasteiger partial charge in [0.25, 0.3) is 0 Å². The van der Waals surface area contributed by atoms with Crippen LogP contribution in [0.4, 0.5) is 0 Å². The van der Waals surface area contributed by atoms with E-state index in [4.69, 9.17) is 18.9 Å². The number of rotatable bonds is 10. The van der Waals surface area contributed by atoms with E-state index in [0.717, 1.165) is 16.7 Å². The molecule has 3 aromatic carbocycles. The first-order valence-electron chi connectivity index (χ1n) is 12.0. The van der Waals surface area contributed by atoms with Crippen LogP contribution >= 0.6 is 0 Å². The maximum Gasteiger partial charge on any atom is 0.303 e. The van der Waals surface area contributed by atoms with Gasteiger partial charge in [0, 0.05) is 6.92 Å². The Bertz CT molecular complexity index is 1000. The standard InChI is InChI=1S/C29H32O7/c1-20(30)36-26-24(31)27(33-17-21-11-5-2-6-12-21)29(35-19-23-15-9-4-10-16-23)28(25(26)32)34-18-22-13-7-3-8-14-22/h2-16,24-29,31-32H,17-19H2,1H3. The lowest BCUT2D eigenvalue weighted by Crippen LogP contribution is -2.66. The van der Waals surface area contributed by atoms with Gasteiger partial charge in [0.2, 0.25) is 0 Å². The van der Waals surface area contributed by atoms with E-state index in [9.17, 15) is 15.0 Å². The molecule has 0 amide bonds. The Morgan fingerprint density at radius 2 is 0.917 bits per heavy atom. The van der Waals surface area contributed by atoms with Gasteiger partial charge in [-0.3, -0.25) is 4.79 Å². The molecule has 4 rings (SSSR count). The van der Waals surface area contributed by atoms with E-state index < -0.39 is 42.6 Å². The van der Waals surface area contributed by atoms with Gasteiger partial charge in [-0.15, -0.1) is 0 Å². The first kappa shape index (κ1) is 26.0. The van der Waals surface area contributed by atoms with Crippen LogP contribution in [0.15, 0.2) is 91.0 Å². The lowest BCUT2D eigenvalue weighted by Gasteiger charge is -2.46.